The van der Waals surface area contributed by atoms with Gasteiger partial charge in [-0.25, -0.2) is 34.7 Å². The van der Waals surface area contributed by atoms with Crippen molar-refractivity contribution in [2.45, 2.75) is 42.0 Å². The third kappa shape index (κ3) is 7.00. The number of sulfonamides is 2. The van der Waals surface area contributed by atoms with Crippen molar-refractivity contribution in [3.8, 4) is 0 Å². The third-order valence-electron chi connectivity index (χ3n) is 4.62. The number of ether oxygens (including phenoxy) is 1. The first-order valence-corrected chi connectivity index (χ1v) is 12.7. The van der Waals surface area contributed by atoms with Crippen molar-refractivity contribution in [3.05, 3.63) is 59.4 Å². The lowest BCUT2D eigenvalue weighted by atomic mass is 10.1. The highest BCUT2D eigenvalue weighted by atomic mass is 32.2. The fourth-order valence-electron chi connectivity index (χ4n) is 2.81. The normalized spacial score (nSPS) is 13.0. The molecule has 2 rings (SSSR count). The van der Waals surface area contributed by atoms with Crippen LogP contribution in [0.2, 0.25) is 0 Å². The van der Waals surface area contributed by atoms with Gasteiger partial charge in [-0.3, -0.25) is 4.79 Å². The second-order valence-electron chi connectivity index (χ2n) is 7.08. The summed E-state index contributed by atoms with van der Waals surface area (Å²) in [6.45, 7) is 1.57. The number of aryl methyl sites for hydroxylation is 1. The number of nitrogens with one attached hydrogen (secondary N) is 2. The van der Waals surface area contributed by atoms with Gasteiger partial charge >= 0.3 is 5.97 Å². The zero-order chi connectivity index (χ0) is 24.8. The number of halogens is 3. The molecular weight excluding hydrogens is 485 g/mol. The van der Waals surface area contributed by atoms with Crippen LogP contribution >= 0.6 is 0 Å². The largest absolute Gasteiger partial charge is 0.468 e. The van der Waals surface area contributed by atoms with Gasteiger partial charge in [0.2, 0.25) is 20.0 Å². The third-order valence-corrected chi connectivity index (χ3v) is 7.58. The van der Waals surface area contributed by atoms with E-state index in [-0.39, 0.29) is 30.7 Å². The summed E-state index contributed by atoms with van der Waals surface area (Å²) in [6.07, 6.45) is 0.294. The van der Waals surface area contributed by atoms with E-state index in [0.29, 0.717) is 12.1 Å². The Kier molecular flexibility index (Phi) is 9.00. The van der Waals surface area contributed by atoms with E-state index in [1.165, 1.54) is 12.1 Å². The average molecular weight is 509 g/mol. The molecule has 0 fully saturated rings. The van der Waals surface area contributed by atoms with Gasteiger partial charge in [-0.2, -0.15) is 4.72 Å². The number of esters is 1. The summed E-state index contributed by atoms with van der Waals surface area (Å²) in [5.74, 6) is -6.08. The van der Waals surface area contributed by atoms with Crippen LogP contribution in [0.3, 0.4) is 0 Å². The molecule has 0 unspecified atom stereocenters. The SMILES string of the molecule is COC(=O)[C@H](CCCCNS(=O)(=O)c1ccc(F)c(F)c1F)NS(=O)(=O)c1ccc(C)cc1. The number of carbonyl (C=O) groups is 1. The zero-order valence-electron chi connectivity index (χ0n) is 17.8. The number of hydrogen-bond donors (Lipinski definition) is 2. The van der Waals surface area contributed by atoms with Crippen LogP contribution in [0.4, 0.5) is 13.2 Å². The summed E-state index contributed by atoms with van der Waals surface area (Å²) in [5.41, 5.74) is 0.851. The first kappa shape index (κ1) is 26.8. The molecule has 0 amide bonds. The van der Waals surface area contributed by atoms with E-state index < -0.39 is 54.4 Å². The molecule has 182 valence electrons. The molecule has 0 aliphatic rings. The lowest BCUT2D eigenvalue weighted by molar-refractivity contribution is -0.142. The van der Waals surface area contributed by atoms with Gasteiger partial charge in [-0.15, -0.1) is 0 Å². The number of rotatable bonds is 11. The molecule has 0 saturated carbocycles. The van der Waals surface area contributed by atoms with E-state index in [1.54, 1.807) is 19.1 Å². The van der Waals surface area contributed by atoms with Gasteiger partial charge in [0.1, 0.15) is 10.9 Å². The smallest absolute Gasteiger partial charge is 0.323 e. The van der Waals surface area contributed by atoms with E-state index in [9.17, 15) is 34.8 Å². The number of hydrogen-bond acceptors (Lipinski definition) is 6. The van der Waals surface area contributed by atoms with E-state index in [0.717, 1.165) is 12.7 Å². The molecule has 13 heteroatoms. The molecule has 33 heavy (non-hydrogen) atoms. The van der Waals surface area contributed by atoms with Crippen molar-refractivity contribution in [1.29, 1.82) is 0 Å². The monoisotopic (exact) mass is 508 g/mol. The summed E-state index contributed by atoms with van der Waals surface area (Å²) in [5, 5.41) is 0. The summed E-state index contributed by atoms with van der Waals surface area (Å²) in [6, 6.07) is 5.85. The molecular formula is C20H23F3N2O6S2. The molecule has 0 radical (unpaired) electrons. The van der Waals surface area contributed by atoms with E-state index in [1.807, 2.05) is 4.72 Å². The lowest BCUT2D eigenvalue weighted by Crippen LogP contribution is -2.41. The molecule has 2 aromatic carbocycles. The van der Waals surface area contributed by atoms with Gasteiger partial charge < -0.3 is 4.74 Å². The molecule has 2 aromatic rings. The number of benzene rings is 2. The predicted molar refractivity (Wildman–Crippen MR) is 113 cm³/mol. The van der Waals surface area contributed by atoms with Gasteiger partial charge in [0.25, 0.3) is 0 Å². The highest BCUT2D eigenvalue weighted by Gasteiger charge is 2.27. The summed E-state index contributed by atoms with van der Waals surface area (Å²) < 4.78 is 98.3. The number of unbranched alkanes of at least 4 members (excludes halogenated alkanes) is 1. The maximum Gasteiger partial charge on any atom is 0.323 e. The summed E-state index contributed by atoms with van der Waals surface area (Å²) in [4.78, 5) is 10.9. The van der Waals surface area contributed by atoms with Gasteiger partial charge in [-0.05, 0) is 50.5 Å². The van der Waals surface area contributed by atoms with Crippen LogP contribution in [-0.2, 0) is 29.6 Å². The number of carbonyl (C=O) groups excluding carboxylic acids is 1. The predicted octanol–water partition coefficient (Wildman–Crippen LogP) is 2.38. The van der Waals surface area contributed by atoms with Crippen molar-refractivity contribution in [3.63, 3.8) is 0 Å². The van der Waals surface area contributed by atoms with Crippen molar-refractivity contribution in [1.82, 2.24) is 9.44 Å². The molecule has 1 atom stereocenters. The Morgan fingerprint density at radius 3 is 2.18 bits per heavy atom. The van der Waals surface area contributed by atoms with Gasteiger partial charge in [0.15, 0.2) is 17.5 Å². The van der Waals surface area contributed by atoms with Crippen molar-refractivity contribution in [2.75, 3.05) is 13.7 Å². The van der Waals surface area contributed by atoms with Crippen LogP contribution in [-0.4, -0.2) is 42.5 Å². The lowest BCUT2D eigenvalue weighted by Gasteiger charge is -2.17. The van der Waals surface area contributed by atoms with E-state index >= 15 is 0 Å². The molecule has 0 bridgehead atoms. The minimum Gasteiger partial charge on any atom is -0.468 e. The average Bonchev–Trinajstić information content (AvgIpc) is 2.75. The van der Waals surface area contributed by atoms with Crippen LogP contribution < -0.4 is 9.44 Å². The molecule has 0 aliphatic heterocycles. The fourth-order valence-corrected chi connectivity index (χ4v) is 5.17. The summed E-state index contributed by atoms with van der Waals surface area (Å²) >= 11 is 0. The van der Waals surface area contributed by atoms with Crippen LogP contribution in [0.15, 0.2) is 46.2 Å². The van der Waals surface area contributed by atoms with Crippen LogP contribution in [0.1, 0.15) is 24.8 Å². The second kappa shape index (κ2) is 11.1. The maximum absolute atomic E-state index is 13.7. The highest BCUT2D eigenvalue weighted by Crippen LogP contribution is 2.19. The molecule has 0 aliphatic carbocycles. The van der Waals surface area contributed by atoms with Crippen LogP contribution in [0.5, 0.6) is 0 Å². The Bertz CT molecular complexity index is 1200. The molecule has 0 heterocycles. The molecule has 8 nitrogen and oxygen atoms in total. The molecule has 0 saturated heterocycles. The van der Waals surface area contributed by atoms with Gasteiger partial charge in [-0.1, -0.05) is 17.7 Å². The van der Waals surface area contributed by atoms with Crippen LogP contribution in [0.25, 0.3) is 0 Å². The van der Waals surface area contributed by atoms with Crippen molar-refractivity contribution in [2.24, 2.45) is 0 Å². The minimum atomic E-state index is -4.46. The Morgan fingerprint density at radius 1 is 0.939 bits per heavy atom. The van der Waals surface area contributed by atoms with E-state index in [2.05, 4.69) is 9.46 Å². The molecule has 0 spiro atoms. The van der Waals surface area contributed by atoms with Gasteiger partial charge in [0.05, 0.1) is 12.0 Å². The Labute approximate surface area is 190 Å². The maximum atomic E-state index is 13.7. The quantitative estimate of drug-likeness (QED) is 0.273. The Balaban J connectivity index is 1.96. The first-order valence-electron chi connectivity index (χ1n) is 9.69. The molecule has 2 N–H and O–H groups in total. The Morgan fingerprint density at radius 2 is 1.58 bits per heavy atom. The minimum absolute atomic E-state index is 0.0149. The zero-order valence-corrected chi connectivity index (χ0v) is 19.4. The van der Waals surface area contributed by atoms with Crippen molar-refractivity contribution < 1.29 is 39.5 Å². The Hall–Kier alpha value is -2.48. The molecule has 0 aromatic heterocycles. The fraction of sp³-hybridized carbons (Fsp3) is 0.350. The number of methoxy groups -OCH3 is 1. The van der Waals surface area contributed by atoms with Gasteiger partial charge in [0, 0.05) is 6.54 Å². The topological polar surface area (TPSA) is 119 Å². The summed E-state index contributed by atoms with van der Waals surface area (Å²) in [7, 11) is -7.37. The second-order valence-corrected chi connectivity index (χ2v) is 10.5. The highest BCUT2D eigenvalue weighted by molar-refractivity contribution is 7.89. The first-order chi connectivity index (χ1) is 15.4. The van der Waals surface area contributed by atoms with Crippen LogP contribution in [0, 0.1) is 24.4 Å². The van der Waals surface area contributed by atoms with E-state index in [4.69, 9.17) is 0 Å². The van der Waals surface area contributed by atoms with Crippen molar-refractivity contribution >= 4 is 26.0 Å². The standard InChI is InChI=1S/C20H23F3N2O6S2/c1-13-6-8-14(9-7-13)32(27,28)25-16(20(26)31-2)5-3-4-12-24-33(29,30)17-11-10-15(21)18(22)19(17)23/h6-11,16,24-25H,3-5,12H2,1-2H3/t16-/m0/s1.